The van der Waals surface area contributed by atoms with Gasteiger partial charge in [0.05, 0.1) is 23.2 Å². The van der Waals surface area contributed by atoms with Gasteiger partial charge in [0.2, 0.25) is 0 Å². The van der Waals surface area contributed by atoms with E-state index in [0.717, 1.165) is 46.6 Å². The fraction of sp³-hybridized carbons (Fsp3) is 0.630. The Morgan fingerprint density at radius 2 is 1.85 bits per heavy atom. The number of rotatable bonds is 12. The fourth-order valence-electron chi connectivity index (χ4n) is 4.93. The van der Waals surface area contributed by atoms with Crippen molar-refractivity contribution in [3.63, 3.8) is 0 Å². The molecule has 3 heterocycles. The SMILES string of the molecule is CCOCc1nc2c(NC)nc3ccccc3c2n1CC(C)(C)OCCCCN1CCCCC1. The van der Waals surface area contributed by atoms with Crippen LogP contribution in [0.2, 0.25) is 0 Å². The highest BCUT2D eigenvalue weighted by Crippen LogP contribution is 2.31. The summed E-state index contributed by atoms with van der Waals surface area (Å²) in [7, 11) is 1.90. The molecule has 0 amide bonds. The molecule has 0 radical (unpaired) electrons. The van der Waals surface area contributed by atoms with Crippen molar-refractivity contribution in [1.29, 1.82) is 0 Å². The van der Waals surface area contributed by atoms with E-state index >= 15 is 0 Å². The fourth-order valence-corrected chi connectivity index (χ4v) is 4.93. The van der Waals surface area contributed by atoms with Crippen LogP contribution in [0.15, 0.2) is 24.3 Å². The molecule has 0 spiro atoms. The third-order valence-electron chi connectivity index (χ3n) is 6.68. The van der Waals surface area contributed by atoms with E-state index in [1.165, 1.54) is 45.3 Å². The Balaban J connectivity index is 1.52. The number of anilines is 1. The third kappa shape index (κ3) is 5.88. The number of fused-ring (bicyclic) bond motifs is 3. The maximum Gasteiger partial charge on any atom is 0.154 e. The summed E-state index contributed by atoms with van der Waals surface area (Å²) in [6.45, 7) is 12.7. The summed E-state index contributed by atoms with van der Waals surface area (Å²) in [6.07, 6.45) is 6.38. The van der Waals surface area contributed by atoms with Gasteiger partial charge in [0.15, 0.2) is 5.82 Å². The van der Waals surface area contributed by atoms with Gasteiger partial charge >= 0.3 is 0 Å². The average Bonchev–Trinajstić information content (AvgIpc) is 3.20. The van der Waals surface area contributed by atoms with E-state index in [1.807, 2.05) is 20.0 Å². The number of piperidine rings is 1. The Morgan fingerprint density at radius 3 is 2.62 bits per heavy atom. The molecule has 7 nitrogen and oxygen atoms in total. The van der Waals surface area contributed by atoms with Gasteiger partial charge in [-0.25, -0.2) is 9.97 Å². The molecule has 1 aromatic carbocycles. The molecule has 1 fully saturated rings. The molecule has 186 valence electrons. The molecular formula is C27H41N5O2. The minimum atomic E-state index is -0.329. The van der Waals surface area contributed by atoms with E-state index in [4.69, 9.17) is 19.4 Å². The number of pyridine rings is 1. The maximum atomic E-state index is 6.43. The molecule has 1 aliphatic rings. The minimum Gasteiger partial charge on any atom is -0.374 e. The van der Waals surface area contributed by atoms with Crippen LogP contribution >= 0.6 is 0 Å². The standard InChI is InChI=1S/C27H41N5O2/c1-5-33-19-23-30-24-25(21-13-7-8-14-22(21)29-26(24)28-4)32(23)20-27(2,3)34-18-12-11-17-31-15-9-6-10-16-31/h7-8,13-14H,5-6,9-12,15-20H2,1-4H3,(H,28,29). The van der Waals surface area contributed by atoms with Crippen LogP contribution in [0.4, 0.5) is 5.82 Å². The Hall–Kier alpha value is -2.22. The lowest BCUT2D eigenvalue weighted by atomic mass is 10.1. The summed E-state index contributed by atoms with van der Waals surface area (Å²) in [5.74, 6) is 1.70. The number of nitrogens with one attached hydrogen (secondary N) is 1. The van der Waals surface area contributed by atoms with Crippen LogP contribution in [0.25, 0.3) is 21.9 Å². The highest BCUT2D eigenvalue weighted by Gasteiger charge is 2.25. The van der Waals surface area contributed by atoms with Gasteiger partial charge in [-0.2, -0.15) is 0 Å². The van der Waals surface area contributed by atoms with E-state index in [-0.39, 0.29) is 5.60 Å². The first-order valence-corrected chi connectivity index (χ1v) is 12.9. The van der Waals surface area contributed by atoms with Crippen LogP contribution in [0.1, 0.15) is 58.7 Å². The number of ether oxygens (including phenoxy) is 2. The molecule has 7 heteroatoms. The summed E-state index contributed by atoms with van der Waals surface area (Å²) in [4.78, 5) is 12.4. The maximum absolute atomic E-state index is 6.43. The van der Waals surface area contributed by atoms with Crippen LogP contribution in [0, 0.1) is 0 Å². The summed E-state index contributed by atoms with van der Waals surface area (Å²) in [5.41, 5.74) is 2.60. The lowest BCUT2D eigenvalue weighted by Crippen LogP contribution is -2.33. The molecule has 0 saturated carbocycles. The van der Waals surface area contributed by atoms with Crippen molar-refractivity contribution < 1.29 is 9.47 Å². The Labute approximate surface area is 203 Å². The van der Waals surface area contributed by atoms with Crippen molar-refractivity contribution in [3.8, 4) is 0 Å². The first kappa shape index (κ1) is 24.9. The molecule has 0 atom stereocenters. The normalized spacial score (nSPS) is 15.4. The molecule has 3 aromatic rings. The van der Waals surface area contributed by atoms with Gasteiger partial charge in [-0.3, -0.25) is 0 Å². The molecule has 2 aromatic heterocycles. The summed E-state index contributed by atoms with van der Waals surface area (Å²) >= 11 is 0. The van der Waals surface area contributed by atoms with Gasteiger partial charge in [0.25, 0.3) is 0 Å². The topological polar surface area (TPSA) is 64.4 Å². The van der Waals surface area contributed by atoms with Gasteiger partial charge in [0.1, 0.15) is 17.9 Å². The van der Waals surface area contributed by atoms with Crippen LogP contribution in [0.3, 0.4) is 0 Å². The zero-order valence-electron chi connectivity index (χ0n) is 21.4. The van der Waals surface area contributed by atoms with Gasteiger partial charge < -0.3 is 24.3 Å². The lowest BCUT2D eigenvalue weighted by Gasteiger charge is -2.28. The highest BCUT2D eigenvalue weighted by atomic mass is 16.5. The van der Waals surface area contributed by atoms with Crippen molar-refractivity contribution in [2.75, 3.05) is 45.2 Å². The number of imidazole rings is 1. The second kappa shape index (κ2) is 11.5. The molecule has 34 heavy (non-hydrogen) atoms. The zero-order chi connectivity index (χ0) is 24.0. The Kier molecular flexibility index (Phi) is 8.40. The van der Waals surface area contributed by atoms with Crippen molar-refractivity contribution in [1.82, 2.24) is 19.4 Å². The zero-order valence-corrected chi connectivity index (χ0v) is 21.4. The van der Waals surface area contributed by atoms with Gasteiger partial charge in [-0.15, -0.1) is 0 Å². The number of hydrogen-bond acceptors (Lipinski definition) is 6. The number of nitrogens with zero attached hydrogens (tertiary/aromatic N) is 4. The van der Waals surface area contributed by atoms with E-state index in [1.54, 1.807) is 0 Å². The molecule has 0 aliphatic carbocycles. The molecule has 1 aliphatic heterocycles. The monoisotopic (exact) mass is 467 g/mol. The number of aromatic nitrogens is 3. The second-order valence-electron chi connectivity index (χ2n) is 9.89. The predicted octanol–water partition coefficient (Wildman–Crippen LogP) is 5.22. The first-order valence-electron chi connectivity index (χ1n) is 12.9. The van der Waals surface area contributed by atoms with Gasteiger partial charge in [-0.1, -0.05) is 24.6 Å². The molecule has 1 saturated heterocycles. The predicted molar refractivity (Wildman–Crippen MR) is 139 cm³/mol. The van der Waals surface area contributed by atoms with E-state index in [9.17, 15) is 0 Å². The second-order valence-corrected chi connectivity index (χ2v) is 9.89. The summed E-state index contributed by atoms with van der Waals surface area (Å²) < 4.78 is 14.5. The lowest BCUT2D eigenvalue weighted by molar-refractivity contribution is -0.0320. The number of likely N-dealkylation sites (tertiary alicyclic amines) is 1. The average molecular weight is 468 g/mol. The van der Waals surface area contributed by atoms with Crippen LogP contribution in [-0.2, 0) is 22.6 Å². The van der Waals surface area contributed by atoms with E-state index in [0.29, 0.717) is 19.8 Å². The smallest absolute Gasteiger partial charge is 0.154 e. The summed E-state index contributed by atoms with van der Waals surface area (Å²) in [5, 5.41) is 4.33. The molecule has 1 N–H and O–H groups in total. The van der Waals surface area contributed by atoms with Crippen molar-refractivity contribution in [2.45, 2.75) is 71.6 Å². The quantitative estimate of drug-likeness (QED) is 0.368. The van der Waals surface area contributed by atoms with Crippen molar-refractivity contribution >= 4 is 27.8 Å². The highest BCUT2D eigenvalue weighted by molar-refractivity contribution is 6.07. The molecular weight excluding hydrogens is 426 g/mol. The van der Waals surface area contributed by atoms with Gasteiger partial charge in [0, 0.05) is 25.6 Å². The van der Waals surface area contributed by atoms with E-state index < -0.39 is 0 Å². The van der Waals surface area contributed by atoms with E-state index in [2.05, 4.69) is 46.8 Å². The van der Waals surface area contributed by atoms with Gasteiger partial charge in [-0.05, 0) is 72.2 Å². The minimum absolute atomic E-state index is 0.329. The third-order valence-corrected chi connectivity index (χ3v) is 6.68. The Morgan fingerprint density at radius 1 is 1.06 bits per heavy atom. The number of benzene rings is 1. The number of hydrogen-bond donors (Lipinski definition) is 1. The molecule has 4 rings (SSSR count). The van der Waals surface area contributed by atoms with Crippen LogP contribution in [0.5, 0.6) is 0 Å². The van der Waals surface area contributed by atoms with Crippen LogP contribution < -0.4 is 5.32 Å². The largest absolute Gasteiger partial charge is 0.374 e. The van der Waals surface area contributed by atoms with Crippen molar-refractivity contribution in [2.24, 2.45) is 0 Å². The van der Waals surface area contributed by atoms with Crippen LogP contribution in [-0.4, -0.2) is 64.9 Å². The molecule has 0 bridgehead atoms. The Bertz CT molecular complexity index is 1070. The molecule has 0 unspecified atom stereocenters. The van der Waals surface area contributed by atoms with Crippen molar-refractivity contribution in [3.05, 3.63) is 30.1 Å². The first-order chi connectivity index (χ1) is 16.5. The number of para-hydroxylation sites is 1. The summed E-state index contributed by atoms with van der Waals surface area (Å²) in [6, 6.07) is 8.27. The number of unbranched alkanes of at least 4 members (excludes halogenated alkanes) is 1.